The number of amides is 4. The third kappa shape index (κ3) is 8.55. The van der Waals surface area contributed by atoms with E-state index >= 15 is 0 Å². The zero-order chi connectivity index (χ0) is 39.2. The number of likely N-dealkylation sites (tertiary alicyclic amines) is 2. The van der Waals surface area contributed by atoms with Crippen LogP contribution in [0.3, 0.4) is 0 Å². The van der Waals surface area contributed by atoms with Gasteiger partial charge in [0.1, 0.15) is 0 Å². The number of nitrogens with two attached hydrogens (primary N) is 1. The summed E-state index contributed by atoms with van der Waals surface area (Å²) in [7, 11) is 2.16. The monoisotopic (exact) mass is 775 g/mol. The fourth-order valence-electron chi connectivity index (χ4n) is 8.80. The van der Waals surface area contributed by atoms with Crippen LogP contribution in [0.5, 0.6) is 0 Å². The minimum Gasteiger partial charge on any atom is -0.436 e. The van der Waals surface area contributed by atoms with Gasteiger partial charge >= 0.3 is 18.3 Å². The van der Waals surface area contributed by atoms with Crippen molar-refractivity contribution in [2.75, 3.05) is 63.9 Å². The highest BCUT2D eigenvalue weighted by molar-refractivity contribution is 6.33. The largest absolute Gasteiger partial charge is 0.436 e. The molecule has 0 unspecified atom stereocenters. The first-order valence-electron chi connectivity index (χ1n) is 18.9. The summed E-state index contributed by atoms with van der Waals surface area (Å²) in [4.78, 5) is 50.8. The predicted octanol–water partition coefficient (Wildman–Crippen LogP) is 6.34. The maximum absolute atomic E-state index is 14.2. The van der Waals surface area contributed by atoms with Crippen molar-refractivity contribution in [3.05, 3.63) is 58.1 Å². The number of piperazine rings is 1. The number of alkyl halides is 3. The van der Waals surface area contributed by atoms with Gasteiger partial charge in [0.2, 0.25) is 0 Å². The quantitative estimate of drug-likeness (QED) is 0.330. The number of ether oxygens (including phenoxy) is 1. The summed E-state index contributed by atoms with van der Waals surface area (Å²) in [6, 6.07) is 9.90. The molecule has 4 aliphatic heterocycles. The number of urea groups is 1. The van der Waals surface area contributed by atoms with Crippen LogP contribution in [0, 0.1) is 0 Å². The summed E-state index contributed by atoms with van der Waals surface area (Å²) in [5, 5.41) is 2.70. The third-order valence-corrected chi connectivity index (χ3v) is 12.5. The van der Waals surface area contributed by atoms with Gasteiger partial charge in [0.15, 0.2) is 6.10 Å². The van der Waals surface area contributed by atoms with E-state index in [1.54, 1.807) is 4.90 Å². The highest BCUT2D eigenvalue weighted by Gasteiger charge is 2.46. The molecule has 0 saturated carbocycles. The van der Waals surface area contributed by atoms with Crippen LogP contribution in [0.25, 0.3) is 0 Å². The molecule has 11 nitrogen and oxygen atoms in total. The first-order chi connectivity index (χ1) is 25.3. The van der Waals surface area contributed by atoms with Crippen molar-refractivity contribution in [3.63, 3.8) is 0 Å². The average Bonchev–Trinajstić information content (AvgIpc) is 3.28. The Labute approximate surface area is 320 Å². The topological polar surface area (TPSA) is 115 Å². The van der Waals surface area contributed by atoms with E-state index in [1.807, 2.05) is 29.2 Å². The van der Waals surface area contributed by atoms with E-state index in [4.69, 9.17) is 22.1 Å². The molecule has 4 heterocycles. The van der Waals surface area contributed by atoms with Crippen molar-refractivity contribution in [2.45, 2.75) is 102 Å². The molecule has 0 radical (unpaired) electrons. The molecule has 0 spiro atoms. The number of carbonyl (C=O) groups excluding carboxylic acids is 3. The molecule has 2 aromatic rings. The van der Waals surface area contributed by atoms with Crippen molar-refractivity contribution in [1.29, 1.82) is 0 Å². The Kier molecular flexibility index (Phi) is 11.4. The Bertz CT molecular complexity index is 1710. The third-order valence-electron chi connectivity index (χ3n) is 12.2. The summed E-state index contributed by atoms with van der Waals surface area (Å²) in [6.45, 7) is 12.2. The number of nitrogens with one attached hydrogen (secondary N) is 1. The highest BCUT2D eigenvalue weighted by Crippen LogP contribution is 2.40. The van der Waals surface area contributed by atoms with Crippen LogP contribution in [0.1, 0.15) is 70.1 Å². The lowest BCUT2D eigenvalue weighted by Gasteiger charge is -2.56. The number of halogens is 4. The number of rotatable bonds is 6. The number of hydrogen-bond donors (Lipinski definition) is 2. The van der Waals surface area contributed by atoms with Crippen LogP contribution in [0.15, 0.2) is 36.4 Å². The Balaban J connectivity index is 1.13. The molecule has 0 aromatic heterocycles. The van der Waals surface area contributed by atoms with Gasteiger partial charge in [0, 0.05) is 81.1 Å². The molecule has 0 aliphatic carbocycles. The van der Waals surface area contributed by atoms with E-state index in [-0.39, 0.29) is 53.2 Å². The number of benzene rings is 2. The molecule has 1 atom stereocenters. The van der Waals surface area contributed by atoms with Crippen LogP contribution in [-0.2, 0) is 28.5 Å². The Morgan fingerprint density at radius 2 is 1.57 bits per heavy atom. The summed E-state index contributed by atoms with van der Waals surface area (Å²) in [6.07, 6.45) is -3.53. The molecule has 2 aromatic carbocycles. The normalized spacial score (nSPS) is 22.3. The molecule has 4 aliphatic rings. The molecule has 54 heavy (non-hydrogen) atoms. The van der Waals surface area contributed by atoms with Gasteiger partial charge in [-0.2, -0.15) is 13.2 Å². The van der Waals surface area contributed by atoms with Gasteiger partial charge in [-0.15, -0.1) is 0 Å². The summed E-state index contributed by atoms with van der Waals surface area (Å²) >= 11 is 6.15. The predicted molar refractivity (Wildman–Crippen MR) is 202 cm³/mol. The second kappa shape index (κ2) is 15.4. The number of nitrogen functional groups attached to an aromatic ring is 1. The minimum atomic E-state index is -4.77. The summed E-state index contributed by atoms with van der Waals surface area (Å²) in [5.41, 5.74) is 5.90. The Morgan fingerprint density at radius 3 is 2.20 bits per heavy atom. The summed E-state index contributed by atoms with van der Waals surface area (Å²) in [5.74, 6) is -0.468. The maximum atomic E-state index is 14.2. The molecule has 4 amide bonds. The molecule has 6 rings (SSSR count). The second-order valence-corrected chi connectivity index (χ2v) is 16.9. The average molecular weight is 776 g/mol. The lowest BCUT2D eigenvalue weighted by Crippen LogP contribution is -2.64. The van der Waals surface area contributed by atoms with Crippen LogP contribution < -0.4 is 11.1 Å². The van der Waals surface area contributed by atoms with Crippen molar-refractivity contribution >= 4 is 41.0 Å². The smallest absolute Gasteiger partial charge is 0.418 e. The van der Waals surface area contributed by atoms with Crippen molar-refractivity contribution in [1.82, 2.24) is 24.5 Å². The van der Waals surface area contributed by atoms with E-state index in [1.165, 1.54) is 11.0 Å². The fourth-order valence-corrected chi connectivity index (χ4v) is 9.04. The standard InChI is InChI=1S/C39H53ClF3N7O4/c1-37(2)23-28(24-38(3,4)46(37)5)47-16-18-48(19-17-47)34(51)32(22-25-20-29(39(41,42)43)33(44)30(40)21-25)54-36(53)49-13-11-27(12-14-49)50-15-10-26-8-6-7-9-31(26)45-35(50)52/h6-9,20-21,27-28,32H,10-19,22-24,44H2,1-5H3,(H,45,52)/t32-/m1/s1. The zero-order valence-corrected chi connectivity index (χ0v) is 32.6. The van der Waals surface area contributed by atoms with Gasteiger partial charge in [-0.1, -0.05) is 29.8 Å². The number of para-hydroxylation sites is 1. The van der Waals surface area contributed by atoms with Gasteiger partial charge in [0.05, 0.1) is 16.3 Å². The van der Waals surface area contributed by atoms with E-state index in [2.05, 4.69) is 49.9 Å². The zero-order valence-electron chi connectivity index (χ0n) is 31.8. The minimum absolute atomic E-state index is 0.00584. The van der Waals surface area contributed by atoms with Crippen molar-refractivity contribution in [3.8, 4) is 0 Å². The molecular weight excluding hydrogens is 723 g/mol. The van der Waals surface area contributed by atoms with Crippen LogP contribution >= 0.6 is 11.6 Å². The molecule has 3 N–H and O–H groups in total. The summed E-state index contributed by atoms with van der Waals surface area (Å²) < 4.78 is 47.6. The van der Waals surface area contributed by atoms with E-state index in [0.717, 1.165) is 30.2 Å². The Hall–Kier alpha value is -3.75. The first-order valence-corrected chi connectivity index (χ1v) is 19.2. The SMILES string of the molecule is CN1C(C)(C)CC(N2CCN(C(=O)[C@@H](Cc3cc(Cl)c(N)c(C(F)(F)F)c3)OC(=O)N3CCC(N4CCc5ccccc5NC4=O)CC3)CC2)CC1(C)C. The van der Waals surface area contributed by atoms with E-state index in [0.29, 0.717) is 58.0 Å². The molecular formula is C39H53ClF3N7O4. The first kappa shape index (κ1) is 39.9. The van der Waals surface area contributed by atoms with Gasteiger partial charge in [0.25, 0.3) is 5.91 Å². The van der Waals surface area contributed by atoms with E-state index < -0.39 is 35.5 Å². The lowest BCUT2D eigenvalue weighted by atomic mass is 9.77. The number of fused-ring (bicyclic) bond motifs is 1. The number of nitrogens with zero attached hydrogens (tertiary/aromatic N) is 5. The molecule has 15 heteroatoms. The van der Waals surface area contributed by atoms with Gasteiger partial charge < -0.3 is 30.5 Å². The maximum Gasteiger partial charge on any atom is 0.418 e. The van der Waals surface area contributed by atoms with Gasteiger partial charge in [-0.25, -0.2) is 9.59 Å². The van der Waals surface area contributed by atoms with Crippen LogP contribution in [0.4, 0.5) is 34.1 Å². The fraction of sp³-hybridized carbons (Fsp3) is 0.615. The number of hydrogen-bond acceptors (Lipinski definition) is 7. The highest BCUT2D eigenvalue weighted by atomic mass is 35.5. The Morgan fingerprint density at radius 1 is 0.944 bits per heavy atom. The van der Waals surface area contributed by atoms with Crippen LogP contribution in [-0.4, -0.2) is 125 Å². The number of carbonyl (C=O) groups is 3. The molecule has 3 fully saturated rings. The number of piperidine rings is 2. The molecule has 0 bridgehead atoms. The van der Waals surface area contributed by atoms with Gasteiger partial charge in [-0.3, -0.25) is 14.6 Å². The lowest BCUT2D eigenvalue weighted by molar-refractivity contribution is -0.143. The molecule has 3 saturated heterocycles. The van der Waals surface area contributed by atoms with Crippen molar-refractivity contribution in [2.24, 2.45) is 0 Å². The number of anilines is 2. The van der Waals surface area contributed by atoms with Crippen molar-refractivity contribution < 1.29 is 32.3 Å². The van der Waals surface area contributed by atoms with Gasteiger partial charge in [-0.05, 0) is 96.2 Å². The molecule has 296 valence electrons. The van der Waals surface area contributed by atoms with Crippen LogP contribution in [0.2, 0.25) is 5.02 Å². The van der Waals surface area contributed by atoms with E-state index in [9.17, 15) is 27.6 Å². The second-order valence-electron chi connectivity index (χ2n) is 16.5.